The van der Waals surface area contributed by atoms with Gasteiger partial charge in [0.1, 0.15) is 0 Å². The molecule has 0 radical (unpaired) electrons. The fourth-order valence-corrected chi connectivity index (χ4v) is 3.92. The van der Waals surface area contributed by atoms with Crippen LogP contribution >= 0.6 is 0 Å². The van der Waals surface area contributed by atoms with E-state index in [2.05, 4.69) is 26.1 Å². The van der Waals surface area contributed by atoms with Crippen molar-refractivity contribution in [2.24, 2.45) is 0 Å². The minimum Gasteiger partial charge on any atom is -0.313 e. The number of hydrogen-bond donors (Lipinski definition) is 1. The lowest BCUT2D eigenvalue weighted by Gasteiger charge is -2.26. The van der Waals surface area contributed by atoms with E-state index in [0.29, 0.717) is 6.04 Å². The molecule has 0 heterocycles. The van der Waals surface area contributed by atoms with Crippen molar-refractivity contribution < 1.29 is 4.21 Å². The third-order valence-electron chi connectivity index (χ3n) is 3.17. The molecule has 102 valence electrons. The maximum absolute atomic E-state index is 12.6. The fourth-order valence-electron chi connectivity index (χ4n) is 2.31. The van der Waals surface area contributed by atoms with Gasteiger partial charge >= 0.3 is 0 Å². The van der Waals surface area contributed by atoms with Crippen LogP contribution in [0.25, 0.3) is 0 Å². The standard InChI is InChI=1S/C15H25NOS/c1-4-10-14(16-6-3)15(5-2)18(17)13-11-8-7-9-12-13/h7-9,11-12,14-16H,4-6,10H2,1-3H3. The Morgan fingerprint density at radius 3 is 2.33 bits per heavy atom. The highest BCUT2D eigenvalue weighted by atomic mass is 32.2. The van der Waals surface area contributed by atoms with Gasteiger partial charge in [0, 0.05) is 10.9 Å². The Bertz CT molecular complexity index is 347. The lowest BCUT2D eigenvalue weighted by atomic mass is 10.1. The van der Waals surface area contributed by atoms with E-state index >= 15 is 0 Å². The first kappa shape index (κ1) is 15.4. The van der Waals surface area contributed by atoms with Gasteiger partial charge in [0.25, 0.3) is 0 Å². The maximum Gasteiger partial charge on any atom is 0.0576 e. The molecule has 1 N–H and O–H groups in total. The molecule has 0 aliphatic rings. The van der Waals surface area contributed by atoms with Gasteiger partial charge in [0.15, 0.2) is 0 Å². The van der Waals surface area contributed by atoms with Crippen molar-refractivity contribution in [1.29, 1.82) is 0 Å². The second-order valence-corrected chi connectivity index (χ2v) is 6.18. The van der Waals surface area contributed by atoms with E-state index in [1.165, 1.54) is 0 Å². The normalized spacial score (nSPS) is 16.2. The lowest BCUT2D eigenvalue weighted by Crippen LogP contribution is -2.41. The second kappa shape index (κ2) is 8.44. The molecule has 0 aliphatic carbocycles. The lowest BCUT2D eigenvalue weighted by molar-refractivity contribution is 0.458. The molecule has 0 amide bonds. The molecule has 3 atom stereocenters. The summed E-state index contributed by atoms with van der Waals surface area (Å²) in [5.41, 5.74) is 0. The molecule has 0 fully saturated rings. The highest BCUT2D eigenvalue weighted by Crippen LogP contribution is 2.19. The Hall–Kier alpha value is -0.670. The molecule has 1 aromatic rings. The smallest absolute Gasteiger partial charge is 0.0576 e. The van der Waals surface area contributed by atoms with Crippen LogP contribution in [0.5, 0.6) is 0 Å². The molecule has 0 aromatic heterocycles. The van der Waals surface area contributed by atoms with E-state index in [1.54, 1.807) is 0 Å². The van der Waals surface area contributed by atoms with E-state index in [-0.39, 0.29) is 5.25 Å². The Balaban J connectivity index is 2.83. The molecular weight excluding hydrogens is 242 g/mol. The van der Waals surface area contributed by atoms with Crippen LogP contribution in [0.4, 0.5) is 0 Å². The fraction of sp³-hybridized carbons (Fsp3) is 0.600. The third kappa shape index (κ3) is 4.21. The summed E-state index contributed by atoms with van der Waals surface area (Å²) >= 11 is 0. The minimum atomic E-state index is -0.917. The van der Waals surface area contributed by atoms with Crippen LogP contribution < -0.4 is 5.32 Å². The van der Waals surface area contributed by atoms with E-state index in [1.807, 2.05) is 30.3 Å². The molecule has 18 heavy (non-hydrogen) atoms. The summed E-state index contributed by atoms with van der Waals surface area (Å²) in [5.74, 6) is 0. The number of rotatable bonds is 8. The summed E-state index contributed by atoms with van der Waals surface area (Å²) in [6.45, 7) is 7.36. The topological polar surface area (TPSA) is 29.1 Å². The van der Waals surface area contributed by atoms with E-state index in [0.717, 1.165) is 30.7 Å². The van der Waals surface area contributed by atoms with Crippen LogP contribution in [0.1, 0.15) is 40.0 Å². The van der Waals surface area contributed by atoms with Gasteiger partial charge in [-0.15, -0.1) is 0 Å². The monoisotopic (exact) mass is 267 g/mol. The Labute approximate surface area is 114 Å². The van der Waals surface area contributed by atoms with Gasteiger partial charge in [0.2, 0.25) is 0 Å². The van der Waals surface area contributed by atoms with Crippen molar-refractivity contribution in [3.05, 3.63) is 30.3 Å². The largest absolute Gasteiger partial charge is 0.313 e. The van der Waals surface area contributed by atoms with Crippen molar-refractivity contribution in [3.63, 3.8) is 0 Å². The summed E-state index contributed by atoms with van der Waals surface area (Å²) in [4.78, 5) is 0.948. The number of hydrogen-bond acceptors (Lipinski definition) is 2. The van der Waals surface area contributed by atoms with Gasteiger partial charge in [-0.25, -0.2) is 0 Å². The van der Waals surface area contributed by atoms with Crippen molar-refractivity contribution in [1.82, 2.24) is 5.32 Å². The first-order valence-electron chi connectivity index (χ1n) is 6.93. The molecule has 0 spiro atoms. The van der Waals surface area contributed by atoms with Crippen LogP contribution in [0.2, 0.25) is 0 Å². The third-order valence-corrected chi connectivity index (χ3v) is 5.12. The predicted octanol–water partition coefficient (Wildman–Crippen LogP) is 3.35. The first-order valence-corrected chi connectivity index (χ1v) is 8.14. The molecular formula is C15H25NOS. The molecule has 3 unspecified atom stereocenters. The average molecular weight is 267 g/mol. The van der Waals surface area contributed by atoms with Gasteiger partial charge in [-0.3, -0.25) is 4.21 Å². The van der Waals surface area contributed by atoms with Crippen LogP contribution in [0.15, 0.2) is 35.2 Å². The zero-order chi connectivity index (χ0) is 13.4. The van der Waals surface area contributed by atoms with E-state index < -0.39 is 10.8 Å². The maximum atomic E-state index is 12.6. The highest BCUT2D eigenvalue weighted by Gasteiger charge is 2.25. The second-order valence-electron chi connectivity index (χ2n) is 4.51. The SMILES string of the molecule is CCCC(NCC)C(CC)S(=O)c1ccccc1. The molecule has 0 saturated heterocycles. The van der Waals surface area contributed by atoms with Gasteiger partial charge in [0.05, 0.1) is 16.0 Å². The van der Waals surface area contributed by atoms with Crippen LogP contribution in [-0.2, 0) is 10.8 Å². The minimum absolute atomic E-state index is 0.201. The number of benzene rings is 1. The zero-order valence-electron chi connectivity index (χ0n) is 11.7. The van der Waals surface area contributed by atoms with E-state index in [4.69, 9.17) is 0 Å². The molecule has 1 aromatic carbocycles. The first-order chi connectivity index (χ1) is 8.74. The zero-order valence-corrected chi connectivity index (χ0v) is 12.5. The molecule has 3 heteroatoms. The van der Waals surface area contributed by atoms with Gasteiger partial charge in [-0.2, -0.15) is 0 Å². The molecule has 2 nitrogen and oxygen atoms in total. The van der Waals surface area contributed by atoms with Gasteiger partial charge in [-0.1, -0.05) is 45.4 Å². The summed E-state index contributed by atoms with van der Waals surface area (Å²) in [7, 11) is -0.917. The van der Waals surface area contributed by atoms with Crippen molar-refractivity contribution in [3.8, 4) is 0 Å². The van der Waals surface area contributed by atoms with Crippen molar-refractivity contribution in [2.45, 2.75) is 56.2 Å². The summed E-state index contributed by atoms with van der Waals surface area (Å²) < 4.78 is 12.6. The van der Waals surface area contributed by atoms with Gasteiger partial charge in [-0.05, 0) is 31.5 Å². The molecule has 0 aliphatic heterocycles. The summed E-state index contributed by atoms with van der Waals surface area (Å²) in [6.07, 6.45) is 3.16. The molecule has 0 bridgehead atoms. The average Bonchev–Trinajstić information content (AvgIpc) is 2.41. The summed E-state index contributed by atoms with van der Waals surface area (Å²) in [6, 6.07) is 10.2. The van der Waals surface area contributed by atoms with E-state index in [9.17, 15) is 4.21 Å². The Morgan fingerprint density at radius 1 is 1.17 bits per heavy atom. The molecule has 0 saturated carbocycles. The summed E-state index contributed by atoms with van der Waals surface area (Å²) in [5, 5.41) is 3.69. The quantitative estimate of drug-likeness (QED) is 0.782. The Morgan fingerprint density at radius 2 is 1.83 bits per heavy atom. The van der Waals surface area contributed by atoms with Crippen LogP contribution in [0.3, 0.4) is 0 Å². The predicted molar refractivity (Wildman–Crippen MR) is 79.3 cm³/mol. The van der Waals surface area contributed by atoms with Crippen molar-refractivity contribution >= 4 is 10.8 Å². The van der Waals surface area contributed by atoms with Crippen LogP contribution in [0, 0.1) is 0 Å². The van der Waals surface area contributed by atoms with Crippen LogP contribution in [-0.4, -0.2) is 22.0 Å². The van der Waals surface area contributed by atoms with Crippen molar-refractivity contribution in [2.75, 3.05) is 6.54 Å². The number of nitrogens with one attached hydrogen (secondary N) is 1. The highest BCUT2D eigenvalue weighted by molar-refractivity contribution is 7.85. The molecule has 1 rings (SSSR count). The van der Waals surface area contributed by atoms with Gasteiger partial charge < -0.3 is 5.32 Å². The Kier molecular flexibility index (Phi) is 7.21.